The average molecular weight is 280 g/mol. The van der Waals surface area contributed by atoms with Crippen molar-refractivity contribution in [2.75, 3.05) is 5.32 Å². The fourth-order valence-corrected chi connectivity index (χ4v) is 2.04. The van der Waals surface area contributed by atoms with Crippen molar-refractivity contribution in [3.8, 4) is 0 Å². The van der Waals surface area contributed by atoms with E-state index in [2.05, 4.69) is 19.2 Å². The lowest BCUT2D eigenvalue weighted by molar-refractivity contribution is -0.384. The van der Waals surface area contributed by atoms with E-state index >= 15 is 0 Å². The number of carbonyl (C=O) groups is 1. The summed E-state index contributed by atoms with van der Waals surface area (Å²) in [6, 6.07) is 3.95. The number of carboxylic acids is 1. The van der Waals surface area contributed by atoms with E-state index in [-0.39, 0.29) is 17.3 Å². The first-order valence-corrected chi connectivity index (χ1v) is 6.63. The second kappa shape index (κ2) is 6.88. The van der Waals surface area contributed by atoms with Gasteiger partial charge in [0.2, 0.25) is 0 Å². The summed E-state index contributed by atoms with van der Waals surface area (Å²) in [6.07, 6.45) is 1.96. The Morgan fingerprint density at radius 1 is 1.45 bits per heavy atom. The molecule has 2 atom stereocenters. The van der Waals surface area contributed by atoms with Crippen LogP contribution in [0.25, 0.3) is 0 Å². The molecule has 0 aliphatic carbocycles. The molecule has 0 fully saturated rings. The van der Waals surface area contributed by atoms with Gasteiger partial charge in [-0.15, -0.1) is 0 Å². The maximum Gasteiger partial charge on any atom is 0.338 e. The molecular formula is C14H20N2O4. The lowest BCUT2D eigenvalue weighted by atomic mass is 10.00. The van der Waals surface area contributed by atoms with E-state index in [0.29, 0.717) is 11.6 Å². The Kier molecular flexibility index (Phi) is 5.49. The number of anilines is 1. The molecule has 1 rings (SSSR count). The average Bonchev–Trinajstić information content (AvgIpc) is 2.38. The zero-order valence-corrected chi connectivity index (χ0v) is 11.9. The zero-order valence-electron chi connectivity index (χ0n) is 11.9. The number of hydrogen-bond acceptors (Lipinski definition) is 4. The van der Waals surface area contributed by atoms with Crippen LogP contribution in [0.15, 0.2) is 18.2 Å². The Morgan fingerprint density at radius 2 is 2.10 bits per heavy atom. The van der Waals surface area contributed by atoms with E-state index in [1.54, 1.807) is 0 Å². The fourth-order valence-electron chi connectivity index (χ4n) is 2.04. The molecule has 6 nitrogen and oxygen atoms in total. The van der Waals surface area contributed by atoms with E-state index in [9.17, 15) is 14.9 Å². The molecule has 0 aliphatic heterocycles. The quantitative estimate of drug-likeness (QED) is 0.588. The number of carboxylic acid groups (broad SMARTS) is 1. The van der Waals surface area contributed by atoms with Gasteiger partial charge in [0.05, 0.1) is 10.5 Å². The number of hydrogen-bond donors (Lipinski definition) is 2. The van der Waals surface area contributed by atoms with Crippen molar-refractivity contribution >= 4 is 17.3 Å². The number of nitrogens with one attached hydrogen (secondary N) is 1. The molecule has 0 bridgehead atoms. The highest BCUT2D eigenvalue weighted by molar-refractivity contribution is 5.95. The van der Waals surface area contributed by atoms with Crippen LogP contribution in [0.4, 0.5) is 11.4 Å². The molecule has 0 spiro atoms. The third-order valence-electron chi connectivity index (χ3n) is 3.30. The third kappa shape index (κ3) is 4.22. The minimum absolute atomic E-state index is 0.0739. The van der Waals surface area contributed by atoms with Crippen LogP contribution in [0.1, 0.15) is 44.0 Å². The fraction of sp³-hybridized carbons (Fsp3) is 0.500. The molecule has 0 heterocycles. The highest BCUT2D eigenvalue weighted by Crippen LogP contribution is 2.24. The Balaban J connectivity index is 2.94. The van der Waals surface area contributed by atoms with E-state index in [1.165, 1.54) is 12.1 Å². The van der Waals surface area contributed by atoms with Crippen molar-refractivity contribution in [3.05, 3.63) is 33.9 Å². The summed E-state index contributed by atoms with van der Waals surface area (Å²) in [5.74, 6) is -0.643. The highest BCUT2D eigenvalue weighted by Gasteiger charge is 2.17. The summed E-state index contributed by atoms with van der Waals surface area (Å²) in [7, 11) is 0. The first kappa shape index (κ1) is 15.9. The standard InChI is InChI=1S/C14H20N2O4/c1-4-9(2)7-10(3)15-13-6-5-11(16(19)20)8-12(13)14(17)18/h5-6,8-10,15H,4,7H2,1-3H3,(H,17,18). The molecular weight excluding hydrogens is 260 g/mol. The monoisotopic (exact) mass is 280 g/mol. The van der Waals surface area contributed by atoms with E-state index in [4.69, 9.17) is 5.11 Å². The van der Waals surface area contributed by atoms with Crippen LogP contribution >= 0.6 is 0 Å². The minimum Gasteiger partial charge on any atom is -0.478 e. The number of non-ortho nitro benzene ring substituents is 1. The van der Waals surface area contributed by atoms with Gasteiger partial charge in [-0.1, -0.05) is 20.3 Å². The highest BCUT2D eigenvalue weighted by atomic mass is 16.6. The Morgan fingerprint density at radius 3 is 2.60 bits per heavy atom. The predicted molar refractivity (Wildman–Crippen MR) is 77.2 cm³/mol. The molecule has 1 aromatic carbocycles. The van der Waals surface area contributed by atoms with Gasteiger partial charge in [-0.3, -0.25) is 10.1 Å². The molecule has 0 aliphatic rings. The van der Waals surface area contributed by atoms with Crippen LogP contribution in [-0.2, 0) is 0 Å². The molecule has 1 aromatic rings. The van der Waals surface area contributed by atoms with Crippen molar-refractivity contribution in [2.45, 2.75) is 39.7 Å². The lowest BCUT2D eigenvalue weighted by Crippen LogP contribution is -2.20. The number of benzene rings is 1. The van der Waals surface area contributed by atoms with Crippen LogP contribution in [0, 0.1) is 16.0 Å². The second-order valence-corrected chi connectivity index (χ2v) is 5.09. The van der Waals surface area contributed by atoms with Gasteiger partial charge in [-0.05, 0) is 25.3 Å². The van der Waals surface area contributed by atoms with Crippen LogP contribution < -0.4 is 5.32 Å². The smallest absolute Gasteiger partial charge is 0.338 e. The molecule has 0 aromatic heterocycles. The van der Waals surface area contributed by atoms with Crippen LogP contribution in [0.3, 0.4) is 0 Å². The summed E-state index contributed by atoms with van der Waals surface area (Å²) < 4.78 is 0. The summed E-state index contributed by atoms with van der Waals surface area (Å²) >= 11 is 0. The largest absolute Gasteiger partial charge is 0.478 e. The van der Waals surface area contributed by atoms with Gasteiger partial charge >= 0.3 is 5.97 Å². The van der Waals surface area contributed by atoms with Gasteiger partial charge in [0, 0.05) is 23.9 Å². The normalized spacial score (nSPS) is 13.6. The Labute approximate surface area is 118 Å². The van der Waals surface area contributed by atoms with Gasteiger partial charge in [-0.2, -0.15) is 0 Å². The van der Waals surface area contributed by atoms with Crippen molar-refractivity contribution in [2.24, 2.45) is 5.92 Å². The molecule has 2 unspecified atom stereocenters. The predicted octanol–water partition coefficient (Wildman–Crippen LogP) is 3.53. The minimum atomic E-state index is -1.17. The van der Waals surface area contributed by atoms with Gasteiger partial charge in [-0.25, -0.2) is 4.79 Å². The van der Waals surface area contributed by atoms with Gasteiger partial charge in [0.25, 0.3) is 5.69 Å². The number of nitro groups is 1. The SMILES string of the molecule is CCC(C)CC(C)Nc1ccc([N+](=O)[O-])cc1C(=O)O. The first-order valence-electron chi connectivity index (χ1n) is 6.63. The molecule has 0 saturated carbocycles. The van der Waals surface area contributed by atoms with Crippen molar-refractivity contribution in [1.29, 1.82) is 0 Å². The summed E-state index contributed by atoms with van der Waals surface area (Å²) in [6.45, 7) is 6.21. The van der Waals surface area contributed by atoms with E-state index < -0.39 is 10.9 Å². The van der Waals surface area contributed by atoms with Crippen LogP contribution in [0.2, 0.25) is 0 Å². The van der Waals surface area contributed by atoms with E-state index in [1.807, 2.05) is 6.92 Å². The number of nitro benzene ring substituents is 1. The van der Waals surface area contributed by atoms with Gasteiger partial charge in [0.15, 0.2) is 0 Å². The van der Waals surface area contributed by atoms with Crippen LogP contribution in [-0.4, -0.2) is 22.0 Å². The summed E-state index contributed by atoms with van der Waals surface area (Å²) in [5.41, 5.74) is 0.122. The summed E-state index contributed by atoms with van der Waals surface area (Å²) in [5, 5.41) is 23.0. The van der Waals surface area contributed by atoms with Crippen molar-refractivity contribution < 1.29 is 14.8 Å². The Bertz CT molecular complexity index is 502. The second-order valence-electron chi connectivity index (χ2n) is 5.09. The van der Waals surface area contributed by atoms with Gasteiger partial charge in [0.1, 0.15) is 0 Å². The third-order valence-corrected chi connectivity index (χ3v) is 3.30. The molecule has 0 radical (unpaired) electrons. The first-order chi connectivity index (χ1) is 9.35. The number of aromatic carboxylic acids is 1. The molecule has 6 heteroatoms. The molecule has 110 valence electrons. The van der Waals surface area contributed by atoms with Gasteiger partial charge < -0.3 is 10.4 Å². The van der Waals surface area contributed by atoms with Crippen molar-refractivity contribution in [1.82, 2.24) is 0 Å². The van der Waals surface area contributed by atoms with Crippen molar-refractivity contribution in [3.63, 3.8) is 0 Å². The maximum atomic E-state index is 11.2. The Hall–Kier alpha value is -2.11. The van der Waals surface area contributed by atoms with Crippen LogP contribution in [0.5, 0.6) is 0 Å². The molecule has 20 heavy (non-hydrogen) atoms. The van der Waals surface area contributed by atoms with E-state index in [0.717, 1.165) is 18.9 Å². The number of nitrogens with zero attached hydrogens (tertiary/aromatic N) is 1. The maximum absolute atomic E-state index is 11.2. The summed E-state index contributed by atoms with van der Waals surface area (Å²) in [4.78, 5) is 21.3. The lowest BCUT2D eigenvalue weighted by Gasteiger charge is -2.19. The topological polar surface area (TPSA) is 92.5 Å². The molecule has 0 amide bonds. The number of rotatable bonds is 7. The zero-order chi connectivity index (χ0) is 15.3. The molecule has 0 saturated heterocycles. The molecule has 2 N–H and O–H groups in total.